The van der Waals surface area contributed by atoms with E-state index in [1.54, 1.807) is 36.5 Å². The minimum absolute atomic E-state index is 0.0363. The second-order valence-electron chi connectivity index (χ2n) is 6.86. The van der Waals surface area contributed by atoms with E-state index in [2.05, 4.69) is 20.3 Å². The minimum atomic E-state index is -4.46. The predicted octanol–water partition coefficient (Wildman–Crippen LogP) is 4.81. The summed E-state index contributed by atoms with van der Waals surface area (Å²) in [5.74, 6) is 0.130. The van der Waals surface area contributed by atoms with E-state index in [4.69, 9.17) is 4.74 Å². The summed E-state index contributed by atoms with van der Waals surface area (Å²) in [6.45, 7) is 0.433. The Morgan fingerprint density at radius 1 is 1.00 bits per heavy atom. The third-order valence-electron chi connectivity index (χ3n) is 4.57. The van der Waals surface area contributed by atoms with E-state index < -0.39 is 11.7 Å². The zero-order valence-corrected chi connectivity index (χ0v) is 16.6. The molecule has 0 aliphatic rings. The van der Waals surface area contributed by atoms with Crippen LogP contribution in [0.3, 0.4) is 0 Å². The van der Waals surface area contributed by atoms with Crippen LogP contribution in [0.5, 0.6) is 11.6 Å². The molecule has 3 aromatic heterocycles. The van der Waals surface area contributed by atoms with Gasteiger partial charge in [0.2, 0.25) is 5.88 Å². The number of halogens is 3. The topological polar surface area (TPSA) is 77.0 Å². The third kappa shape index (κ3) is 5.18. The van der Waals surface area contributed by atoms with Gasteiger partial charge in [0.15, 0.2) is 0 Å². The molecular formula is C23H17F3N4O2. The van der Waals surface area contributed by atoms with E-state index in [0.717, 1.165) is 24.0 Å². The van der Waals surface area contributed by atoms with Crippen molar-refractivity contribution in [3.8, 4) is 11.6 Å². The number of carbonyl (C=O) groups is 1. The quantitative estimate of drug-likeness (QED) is 0.468. The van der Waals surface area contributed by atoms with Crippen LogP contribution < -0.4 is 10.1 Å². The zero-order chi connectivity index (χ0) is 22.6. The normalized spacial score (nSPS) is 11.3. The van der Waals surface area contributed by atoms with Gasteiger partial charge in [0, 0.05) is 42.5 Å². The van der Waals surface area contributed by atoms with Gasteiger partial charge in [0.25, 0.3) is 5.91 Å². The van der Waals surface area contributed by atoms with E-state index in [1.165, 1.54) is 0 Å². The summed E-state index contributed by atoms with van der Waals surface area (Å²) in [4.78, 5) is 24.6. The maximum atomic E-state index is 12.6. The lowest BCUT2D eigenvalue weighted by molar-refractivity contribution is -0.137. The molecule has 1 aromatic carbocycles. The van der Waals surface area contributed by atoms with Crippen molar-refractivity contribution in [2.24, 2.45) is 0 Å². The van der Waals surface area contributed by atoms with Crippen molar-refractivity contribution in [2.45, 2.75) is 12.6 Å². The Morgan fingerprint density at radius 2 is 1.88 bits per heavy atom. The van der Waals surface area contributed by atoms with E-state index in [1.807, 2.05) is 18.2 Å². The molecular weight excluding hydrogens is 421 g/mol. The minimum Gasteiger partial charge on any atom is -0.439 e. The van der Waals surface area contributed by atoms with Crippen LogP contribution in [0.2, 0.25) is 0 Å². The van der Waals surface area contributed by atoms with Crippen LogP contribution in [0.25, 0.3) is 10.9 Å². The fraction of sp³-hybridized carbons (Fsp3) is 0.130. The summed E-state index contributed by atoms with van der Waals surface area (Å²) in [6.07, 6.45) is -1.42. The number of rotatable bonds is 6. The highest BCUT2D eigenvalue weighted by atomic mass is 19.4. The molecule has 0 spiro atoms. The van der Waals surface area contributed by atoms with Gasteiger partial charge in [-0.05, 0) is 42.5 Å². The summed E-state index contributed by atoms with van der Waals surface area (Å²) >= 11 is 0. The first-order valence-electron chi connectivity index (χ1n) is 9.68. The van der Waals surface area contributed by atoms with Crippen molar-refractivity contribution in [3.63, 3.8) is 0 Å². The monoisotopic (exact) mass is 438 g/mol. The second kappa shape index (κ2) is 9.01. The Labute approximate surface area is 181 Å². The lowest BCUT2D eigenvalue weighted by Gasteiger charge is -2.09. The van der Waals surface area contributed by atoms with Crippen molar-refractivity contribution in [1.82, 2.24) is 20.3 Å². The molecule has 0 aliphatic heterocycles. The summed E-state index contributed by atoms with van der Waals surface area (Å²) in [5, 5.41) is 3.52. The largest absolute Gasteiger partial charge is 0.439 e. The number of nitrogens with zero attached hydrogens (tertiary/aromatic N) is 3. The van der Waals surface area contributed by atoms with Crippen LogP contribution in [-0.2, 0) is 12.6 Å². The molecule has 9 heteroatoms. The zero-order valence-electron chi connectivity index (χ0n) is 16.6. The van der Waals surface area contributed by atoms with E-state index in [0.29, 0.717) is 29.6 Å². The van der Waals surface area contributed by atoms with Crippen LogP contribution in [0.15, 0.2) is 73.1 Å². The van der Waals surface area contributed by atoms with Crippen LogP contribution in [0.4, 0.5) is 13.2 Å². The van der Waals surface area contributed by atoms with Crippen molar-refractivity contribution in [1.29, 1.82) is 0 Å². The number of fused-ring (bicyclic) bond motifs is 1. The molecule has 1 N–H and O–H groups in total. The average Bonchev–Trinajstić information content (AvgIpc) is 2.79. The number of carbonyl (C=O) groups excluding carboxylic acids is 1. The SMILES string of the molecule is O=C(NCCc1ccccn1)c1ccc2cc(Oc3ccc(C(F)(F)F)cn3)ccc2n1. The van der Waals surface area contributed by atoms with Gasteiger partial charge in [-0.3, -0.25) is 9.78 Å². The molecule has 0 atom stereocenters. The molecule has 0 saturated heterocycles. The Bertz CT molecular complexity index is 1230. The maximum Gasteiger partial charge on any atom is 0.417 e. The molecule has 162 valence electrons. The van der Waals surface area contributed by atoms with Gasteiger partial charge < -0.3 is 10.1 Å². The summed E-state index contributed by atoms with van der Waals surface area (Å²) in [6, 6.07) is 15.9. The lowest BCUT2D eigenvalue weighted by Crippen LogP contribution is -2.26. The van der Waals surface area contributed by atoms with Gasteiger partial charge in [0.1, 0.15) is 11.4 Å². The highest BCUT2D eigenvalue weighted by Gasteiger charge is 2.30. The summed E-state index contributed by atoms with van der Waals surface area (Å²) in [5.41, 5.74) is 0.888. The van der Waals surface area contributed by atoms with E-state index in [9.17, 15) is 18.0 Å². The van der Waals surface area contributed by atoms with Crippen molar-refractivity contribution in [2.75, 3.05) is 6.54 Å². The smallest absolute Gasteiger partial charge is 0.417 e. The first kappa shape index (κ1) is 21.2. The molecule has 0 fully saturated rings. The fourth-order valence-electron chi connectivity index (χ4n) is 2.96. The summed E-state index contributed by atoms with van der Waals surface area (Å²) < 4.78 is 43.4. The van der Waals surface area contributed by atoms with Crippen LogP contribution in [0.1, 0.15) is 21.7 Å². The predicted molar refractivity (Wildman–Crippen MR) is 111 cm³/mol. The van der Waals surface area contributed by atoms with Gasteiger partial charge in [0.05, 0.1) is 11.1 Å². The van der Waals surface area contributed by atoms with Crippen molar-refractivity contribution < 1.29 is 22.7 Å². The molecule has 32 heavy (non-hydrogen) atoms. The van der Waals surface area contributed by atoms with E-state index >= 15 is 0 Å². The van der Waals surface area contributed by atoms with Gasteiger partial charge >= 0.3 is 6.18 Å². The van der Waals surface area contributed by atoms with E-state index in [-0.39, 0.29) is 17.5 Å². The number of aromatic nitrogens is 3. The molecule has 6 nitrogen and oxygen atoms in total. The third-order valence-corrected chi connectivity index (χ3v) is 4.57. The van der Waals surface area contributed by atoms with Gasteiger partial charge in [-0.15, -0.1) is 0 Å². The lowest BCUT2D eigenvalue weighted by atomic mass is 10.2. The van der Waals surface area contributed by atoms with Crippen LogP contribution in [0, 0.1) is 0 Å². The fourth-order valence-corrected chi connectivity index (χ4v) is 2.96. The first-order valence-corrected chi connectivity index (χ1v) is 9.68. The number of hydrogen-bond donors (Lipinski definition) is 1. The molecule has 0 bridgehead atoms. The number of pyridine rings is 3. The van der Waals surface area contributed by atoms with Crippen LogP contribution in [-0.4, -0.2) is 27.4 Å². The van der Waals surface area contributed by atoms with Gasteiger partial charge in [-0.2, -0.15) is 13.2 Å². The average molecular weight is 438 g/mol. The Morgan fingerprint density at radius 3 is 2.59 bits per heavy atom. The number of ether oxygens (including phenoxy) is 1. The number of nitrogens with one attached hydrogen (secondary N) is 1. The standard InChI is InChI=1S/C23H17F3N4O2/c24-23(25,26)16-5-9-21(29-14-16)32-18-6-8-19-15(13-18)4-7-20(30-19)22(31)28-12-10-17-3-1-2-11-27-17/h1-9,11,13-14H,10,12H2,(H,28,31). The Kier molecular flexibility index (Phi) is 5.98. The molecule has 0 radical (unpaired) electrons. The van der Waals surface area contributed by atoms with Crippen LogP contribution >= 0.6 is 0 Å². The first-order chi connectivity index (χ1) is 15.4. The second-order valence-corrected chi connectivity index (χ2v) is 6.86. The number of hydrogen-bond acceptors (Lipinski definition) is 5. The highest BCUT2D eigenvalue weighted by molar-refractivity contribution is 5.95. The van der Waals surface area contributed by atoms with Gasteiger partial charge in [-0.25, -0.2) is 9.97 Å². The highest BCUT2D eigenvalue weighted by Crippen LogP contribution is 2.30. The molecule has 4 rings (SSSR count). The Hall–Kier alpha value is -4.01. The number of alkyl halides is 3. The molecule has 0 unspecified atom stereocenters. The van der Waals surface area contributed by atoms with Gasteiger partial charge in [-0.1, -0.05) is 12.1 Å². The van der Waals surface area contributed by atoms with Crippen molar-refractivity contribution >= 4 is 16.8 Å². The molecule has 3 heterocycles. The molecule has 1 amide bonds. The number of benzene rings is 1. The number of amides is 1. The summed E-state index contributed by atoms with van der Waals surface area (Å²) in [7, 11) is 0. The Balaban J connectivity index is 1.41. The molecule has 0 saturated carbocycles. The van der Waals surface area contributed by atoms with Crippen molar-refractivity contribution in [3.05, 3.63) is 90.0 Å². The molecule has 0 aliphatic carbocycles. The molecule has 4 aromatic rings. The maximum absolute atomic E-state index is 12.6.